The number of esters is 1. The predicted molar refractivity (Wildman–Crippen MR) is 97.3 cm³/mol. The van der Waals surface area contributed by atoms with Gasteiger partial charge in [-0.05, 0) is 53.8 Å². The van der Waals surface area contributed by atoms with Crippen molar-refractivity contribution in [3.63, 3.8) is 0 Å². The zero-order valence-corrected chi connectivity index (χ0v) is 15.3. The quantitative estimate of drug-likeness (QED) is 0.437. The molecule has 2 heterocycles. The number of amides is 1. The van der Waals surface area contributed by atoms with E-state index in [1.54, 1.807) is 6.92 Å². The first-order valence-electron chi connectivity index (χ1n) is 8.35. The first-order chi connectivity index (χ1) is 13.0. The fourth-order valence-electron chi connectivity index (χ4n) is 2.85. The zero-order valence-electron chi connectivity index (χ0n) is 14.5. The summed E-state index contributed by atoms with van der Waals surface area (Å²) in [5.41, 5.74) is 1.33. The molecular formula is C17H17N3O6S. The van der Waals surface area contributed by atoms with Gasteiger partial charge in [-0.3, -0.25) is 4.79 Å². The lowest BCUT2D eigenvalue weighted by Gasteiger charge is -2.09. The number of hydrogen-bond acceptors (Lipinski definition) is 8. The lowest BCUT2D eigenvalue weighted by molar-refractivity contribution is -0.390. The Morgan fingerprint density at radius 3 is 2.96 bits per heavy atom. The number of rotatable bonds is 7. The van der Waals surface area contributed by atoms with Crippen LogP contribution in [0.1, 0.15) is 34.1 Å². The molecule has 1 N–H and O–H groups in total. The SMILES string of the molecule is CCOC(=O)c1c(NC(=O)COc2cccnc2[N+](=O)[O-])sc2c1CCC2. The van der Waals surface area contributed by atoms with Gasteiger partial charge in [0.1, 0.15) is 11.2 Å². The summed E-state index contributed by atoms with van der Waals surface area (Å²) in [7, 11) is 0. The van der Waals surface area contributed by atoms with Gasteiger partial charge in [-0.1, -0.05) is 0 Å². The molecule has 3 rings (SSSR count). The summed E-state index contributed by atoms with van der Waals surface area (Å²) in [5, 5.41) is 14.0. The van der Waals surface area contributed by atoms with Gasteiger partial charge < -0.3 is 24.9 Å². The summed E-state index contributed by atoms with van der Waals surface area (Å²) >= 11 is 1.35. The number of hydrogen-bond donors (Lipinski definition) is 1. The summed E-state index contributed by atoms with van der Waals surface area (Å²) in [6, 6.07) is 2.84. The van der Waals surface area contributed by atoms with Gasteiger partial charge in [0.25, 0.3) is 5.91 Å². The predicted octanol–water partition coefficient (Wildman–Crippen LogP) is 2.73. The second kappa shape index (κ2) is 8.12. The number of nitro groups is 1. The van der Waals surface area contributed by atoms with Gasteiger partial charge in [-0.15, -0.1) is 11.3 Å². The maximum absolute atomic E-state index is 12.3. The molecule has 0 aromatic carbocycles. The molecule has 27 heavy (non-hydrogen) atoms. The fraction of sp³-hybridized carbons (Fsp3) is 0.353. The first kappa shape index (κ1) is 18.8. The number of carbonyl (C=O) groups excluding carboxylic acids is 2. The fourth-order valence-corrected chi connectivity index (χ4v) is 4.14. The van der Waals surface area contributed by atoms with Crippen molar-refractivity contribution in [3.8, 4) is 5.75 Å². The molecule has 0 aliphatic heterocycles. The van der Waals surface area contributed by atoms with E-state index in [1.807, 2.05) is 0 Å². The number of ether oxygens (including phenoxy) is 2. The van der Waals surface area contributed by atoms with Crippen LogP contribution in [0, 0.1) is 10.1 Å². The van der Waals surface area contributed by atoms with Crippen LogP contribution in [0.3, 0.4) is 0 Å². The highest BCUT2D eigenvalue weighted by atomic mass is 32.1. The van der Waals surface area contributed by atoms with Crippen molar-refractivity contribution in [3.05, 3.63) is 44.4 Å². The lowest BCUT2D eigenvalue weighted by Crippen LogP contribution is -2.21. The van der Waals surface area contributed by atoms with Crippen molar-refractivity contribution in [1.29, 1.82) is 0 Å². The van der Waals surface area contributed by atoms with E-state index >= 15 is 0 Å². The first-order valence-corrected chi connectivity index (χ1v) is 9.16. The molecule has 2 aromatic rings. The van der Waals surface area contributed by atoms with Gasteiger partial charge in [-0.25, -0.2) is 4.79 Å². The van der Waals surface area contributed by atoms with Gasteiger partial charge in [0.2, 0.25) is 5.75 Å². The summed E-state index contributed by atoms with van der Waals surface area (Å²) in [4.78, 5) is 39.5. The van der Waals surface area contributed by atoms with Crippen molar-refractivity contribution >= 4 is 34.0 Å². The molecule has 142 valence electrons. The van der Waals surface area contributed by atoms with E-state index in [2.05, 4.69) is 10.3 Å². The summed E-state index contributed by atoms with van der Waals surface area (Å²) in [6.45, 7) is 1.51. The molecule has 2 aromatic heterocycles. The molecule has 0 bridgehead atoms. The Labute approximate surface area is 158 Å². The van der Waals surface area contributed by atoms with E-state index in [1.165, 1.54) is 29.7 Å². The van der Waals surface area contributed by atoms with E-state index in [-0.39, 0.29) is 12.4 Å². The number of carbonyl (C=O) groups is 2. The second-order valence-corrected chi connectivity index (χ2v) is 6.81. The van der Waals surface area contributed by atoms with Crippen LogP contribution in [0.5, 0.6) is 5.75 Å². The monoisotopic (exact) mass is 391 g/mol. The van der Waals surface area contributed by atoms with E-state index in [9.17, 15) is 19.7 Å². The van der Waals surface area contributed by atoms with Gasteiger partial charge in [0, 0.05) is 4.88 Å². The summed E-state index contributed by atoms with van der Waals surface area (Å²) < 4.78 is 10.3. The number of aromatic nitrogens is 1. The van der Waals surface area contributed by atoms with Crippen LogP contribution in [0.25, 0.3) is 0 Å². The number of thiophene rings is 1. The highest BCUT2D eigenvalue weighted by molar-refractivity contribution is 7.17. The normalized spacial score (nSPS) is 12.3. The molecular weight excluding hydrogens is 374 g/mol. The standard InChI is InChI=1S/C17H17N3O6S/c1-2-25-17(22)14-10-5-3-7-12(10)27-16(14)19-13(21)9-26-11-6-4-8-18-15(11)20(23)24/h4,6,8H,2-3,5,7,9H2,1H3,(H,19,21). The second-order valence-electron chi connectivity index (χ2n) is 5.70. The van der Waals surface area contributed by atoms with Gasteiger partial charge >= 0.3 is 11.8 Å². The number of pyridine rings is 1. The van der Waals surface area contributed by atoms with Crippen LogP contribution in [-0.4, -0.2) is 35.0 Å². The number of aryl methyl sites for hydroxylation is 1. The van der Waals surface area contributed by atoms with Crippen molar-refractivity contribution < 1.29 is 24.0 Å². The molecule has 0 saturated carbocycles. The third-order valence-corrected chi connectivity index (χ3v) is 5.14. The third kappa shape index (κ3) is 4.05. The molecule has 0 radical (unpaired) electrons. The topological polar surface area (TPSA) is 121 Å². The molecule has 0 saturated heterocycles. The van der Waals surface area contributed by atoms with E-state index in [0.717, 1.165) is 29.7 Å². The van der Waals surface area contributed by atoms with Gasteiger partial charge in [0.15, 0.2) is 6.61 Å². The largest absolute Gasteiger partial charge is 0.476 e. The number of nitrogens with one attached hydrogen (secondary N) is 1. The molecule has 10 heteroatoms. The number of anilines is 1. The summed E-state index contributed by atoms with van der Waals surface area (Å²) in [6.07, 6.45) is 3.87. The Morgan fingerprint density at radius 1 is 1.41 bits per heavy atom. The molecule has 0 spiro atoms. The van der Waals surface area contributed by atoms with Gasteiger partial charge in [-0.2, -0.15) is 0 Å². The van der Waals surface area contributed by atoms with Crippen LogP contribution in [0.15, 0.2) is 18.3 Å². The van der Waals surface area contributed by atoms with Crippen LogP contribution in [0.4, 0.5) is 10.8 Å². The highest BCUT2D eigenvalue weighted by Crippen LogP contribution is 2.39. The summed E-state index contributed by atoms with van der Waals surface area (Å²) in [5.74, 6) is -1.56. The van der Waals surface area contributed by atoms with Crippen LogP contribution >= 0.6 is 11.3 Å². The molecule has 1 amide bonds. The average molecular weight is 391 g/mol. The maximum Gasteiger partial charge on any atom is 0.406 e. The Morgan fingerprint density at radius 2 is 2.22 bits per heavy atom. The molecule has 9 nitrogen and oxygen atoms in total. The lowest BCUT2D eigenvalue weighted by atomic mass is 10.1. The highest BCUT2D eigenvalue weighted by Gasteiger charge is 2.28. The minimum absolute atomic E-state index is 0.100. The zero-order chi connectivity index (χ0) is 19.4. The molecule has 0 fully saturated rings. The smallest absolute Gasteiger partial charge is 0.406 e. The maximum atomic E-state index is 12.3. The van der Waals surface area contributed by atoms with Crippen LogP contribution < -0.4 is 10.1 Å². The van der Waals surface area contributed by atoms with Crippen LogP contribution in [0.2, 0.25) is 0 Å². The number of fused-ring (bicyclic) bond motifs is 1. The van der Waals surface area contributed by atoms with Crippen molar-refractivity contribution in [2.45, 2.75) is 26.2 Å². The van der Waals surface area contributed by atoms with Crippen LogP contribution in [-0.2, 0) is 22.4 Å². The molecule has 0 unspecified atom stereocenters. The minimum Gasteiger partial charge on any atom is -0.476 e. The molecule has 1 aliphatic carbocycles. The third-order valence-electron chi connectivity index (χ3n) is 3.94. The number of nitrogens with zero attached hydrogens (tertiary/aromatic N) is 2. The Balaban J connectivity index is 1.72. The Bertz CT molecular complexity index is 895. The van der Waals surface area contributed by atoms with Crippen molar-refractivity contribution in [2.24, 2.45) is 0 Å². The average Bonchev–Trinajstić information content (AvgIpc) is 3.20. The van der Waals surface area contributed by atoms with E-state index < -0.39 is 29.2 Å². The molecule has 0 atom stereocenters. The Kier molecular flexibility index (Phi) is 5.65. The van der Waals surface area contributed by atoms with Crippen molar-refractivity contribution in [1.82, 2.24) is 4.98 Å². The minimum atomic E-state index is -0.685. The van der Waals surface area contributed by atoms with E-state index in [0.29, 0.717) is 10.6 Å². The van der Waals surface area contributed by atoms with Crippen molar-refractivity contribution in [2.75, 3.05) is 18.5 Å². The molecule has 1 aliphatic rings. The Hall–Kier alpha value is -3.01. The van der Waals surface area contributed by atoms with Gasteiger partial charge in [0.05, 0.1) is 12.2 Å². The van der Waals surface area contributed by atoms with E-state index in [4.69, 9.17) is 9.47 Å².